The minimum atomic E-state index is -0.481. The van der Waals surface area contributed by atoms with E-state index in [1.807, 2.05) is 46.4 Å². The third-order valence-corrected chi connectivity index (χ3v) is 3.06. The lowest BCUT2D eigenvalue weighted by Gasteiger charge is -2.40. The van der Waals surface area contributed by atoms with Crippen molar-refractivity contribution >= 4 is 12.0 Å². The molecule has 5 heteroatoms. The summed E-state index contributed by atoms with van der Waals surface area (Å²) in [4.78, 5) is 27.5. The molecule has 0 aliphatic carbocycles. The fourth-order valence-electron chi connectivity index (χ4n) is 2.11. The molecule has 19 heavy (non-hydrogen) atoms. The smallest absolute Gasteiger partial charge is 0.410 e. The molecular formula is C14H26N2O3. The average Bonchev–Trinajstić information content (AvgIpc) is 2.25. The zero-order valence-corrected chi connectivity index (χ0v) is 12.9. The van der Waals surface area contributed by atoms with E-state index in [0.717, 1.165) is 0 Å². The molecule has 110 valence electrons. The van der Waals surface area contributed by atoms with Gasteiger partial charge in [-0.3, -0.25) is 4.79 Å². The first kappa shape index (κ1) is 15.8. The van der Waals surface area contributed by atoms with Gasteiger partial charge in [0, 0.05) is 31.6 Å². The van der Waals surface area contributed by atoms with Crippen LogP contribution in [0, 0.1) is 5.92 Å². The molecule has 1 aliphatic heterocycles. The molecule has 0 N–H and O–H groups in total. The van der Waals surface area contributed by atoms with Gasteiger partial charge < -0.3 is 14.5 Å². The van der Waals surface area contributed by atoms with Crippen LogP contribution in [-0.2, 0) is 9.53 Å². The van der Waals surface area contributed by atoms with E-state index in [-0.39, 0.29) is 24.0 Å². The van der Waals surface area contributed by atoms with Gasteiger partial charge in [-0.05, 0) is 27.7 Å². The Hall–Kier alpha value is -1.26. The highest BCUT2D eigenvalue weighted by Gasteiger charge is 2.32. The molecule has 0 bridgehead atoms. The molecule has 0 aromatic rings. The summed E-state index contributed by atoms with van der Waals surface area (Å²) in [6, 6.07) is 0.0381. The van der Waals surface area contributed by atoms with Crippen molar-refractivity contribution in [2.45, 2.75) is 53.2 Å². The van der Waals surface area contributed by atoms with Crippen molar-refractivity contribution in [3.05, 3.63) is 0 Å². The van der Waals surface area contributed by atoms with Crippen LogP contribution in [0.4, 0.5) is 4.79 Å². The molecule has 0 unspecified atom stereocenters. The third-order valence-electron chi connectivity index (χ3n) is 3.06. The van der Waals surface area contributed by atoms with Crippen LogP contribution in [0.15, 0.2) is 0 Å². The monoisotopic (exact) mass is 270 g/mol. The van der Waals surface area contributed by atoms with Gasteiger partial charge in [0.1, 0.15) is 5.60 Å². The summed E-state index contributed by atoms with van der Waals surface area (Å²) in [5.74, 6) is 0.145. The Morgan fingerprint density at radius 1 is 1.21 bits per heavy atom. The van der Waals surface area contributed by atoms with E-state index in [0.29, 0.717) is 19.6 Å². The Morgan fingerprint density at radius 3 is 2.21 bits per heavy atom. The van der Waals surface area contributed by atoms with E-state index in [9.17, 15) is 9.59 Å². The molecule has 0 aromatic heterocycles. The normalized spacial score (nSPS) is 20.7. The number of ether oxygens (including phenoxy) is 1. The van der Waals surface area contributed by atoms with Crippen LogP contribution in [0.5, 0.6) is 0 Å². The Morgan fingerprint density at radius 2 is 1.79 bits per heavy atom. The number of amides is 2. The maximum atomic E-state index is 12.0. The standard InChI is InChI=1S/C14H26N2O3/c1-10(2)12(17)16-8-7-15(9-11(16)3)13(18)19-14(4,5)6/h10-11H,7-9H2,1-6H3/t11-/m1/s1. The molecule has 1 fully saturated rings. The van der Waals surface area contributed by atoms with Crippen molar-refractivity contribution in [3.63, 3.8) is 0 Å². The predicted molar refractivity (Wildman–Crippen MR) is 73.8 cm³/mol. The van der Waals surface area contributed by atoms with Crippen LogP contribution in [-0.4, -0.2) is 53.1 Å². The number of piperazine rings is 1. The Bertz CT molecular complexity index is 347. The molecule has 1 rings (SSSR count). The molecule has 0 spiro atoms. The second-order valence-electron chi connectivity index (χ2n) is 6.46. The first-order valence-electron chi connectivity index (χ1n) is 6.90. The Balaban J connectivity index is 2.59. The SMILES string of the molecule is CC(C)C(=O)N1CCN(C(=O)OC(C)(C)C)C[C@H]1C. The van der Waals surface area contributed by atoms with Crippen LogP contribution in [0.3, 0.4) is 0 Å². The lowest BCUT2D eigenvalue weighted by Crippen LogP contribution is -2.56. The highest BCUT2D eigenvalue weighted by Crippen LogP contribution is 2.16. The van der Waals surface area contributed by atoms with Gasteiger partial charge in [0.25, 0.3) is 0 Å². The van der Waals surface area contributed by atoms with Crippen molar-refractivity contribution < 1.29 is 14.3 Å². The molecule has 2 amide bonds. The third kappa shape index (κ3) is 4.40. The first-order valence-corrected chi connectivity index (χ1v) is 6.90. The molecule has 1 aliphatic rings. The highest BCUT2D eigenvalue weighted by atomic mass is 16.6. The number of hydrogen-bond donors (Lipinski definition) is 0. The van der Waals surface area contributed by atoms with Crippen LogP contribution in [0.1, 0.15) is 41.5 Å². The summed E-state index contributed by atoms with van der Waals surface area (Å²) < 4.78 is 5.35. The van der Waals surface area contributed by atoms with Crippen molar-refractivity contribution in [2.75, 3.05) is 19.6 Å². The van der Waals surface area contributed by atoms with Gasteiger partial charge in [-0.25, -0.2) is 4.79 Å². The maximum Gasteiger partial charge on any atom is 0.410 e. The van der Waals surface area contributed by atoms with Gasteiger partial charge in [0.2, 0.25) is 5.91 Å². The van der Waals surface area contributed by atoms with Crippen LogP contribution >= 0.6 is 0 Å². The van der Waals surface area contributed by atoms with Gasteiger partial charge in [0.05, 0.1) is 0 Å². The molecule has 0 saturated carbocycles. The quantitative estimate of drug-likeness (QED) is 0.733. The van der Waals surface area contributed by atoms with Crippen molar-refractivity contribution in [1.29, 1.82) is 0 Å². The van der Waals surface area contributed by atoms with Crippen molar-refractivity contribution in [3.8, 4) is 0 Å². The number of nitrogens with zero attached hydrogens (tertiary/aromatic N) is 2. The van der Waals surface area contributed by atoms with Crippen LogP contribution in [0.2, 0.25) is 0 Å². The Kier molecular flexibility index (Phi) is 4.82. The summed E-state index contributed by atoms with van der Waals surface area (Å²) >= 11 is 0. The van der Waals surface area contributed by atoms with Gasteiger partial charge in [-0.1, -0.05) is 13.8 Å². The molecule has 1 saturated heterocycles. The average molecular weight is 270 g/mol. The minimum Gasteiger partial charge on any atom is -0.444 e. The largest absolute Gasteiger partial charge is 0.444 e. The summed E-state index contributed by atoms with van der Waals surface area (Å²) in [6.07, 6.45) is -0.295. The number of hydrogen-bond acceptors (Lipinski definition) is 3. The van der Waals surface area contributed by atoms with Crippen molar-refractivity contribution in [1.82, 2.24) is 9.80 Å². The number of carbonyl (C=O) groups excluding carboxylic acids is 2. The van der Waals surface area contributed by atoms with E-state index in [2.05, 4.69) is 0 Å². The predicted octanol–water partition coefficient (Wildman–Crippen LogP) is 2.11. The summed E-state index contributed by atoms with van der Waals surface area (Å²) in [5.41, 5.74) is -0.481. The van der Waals surface area contributed by atoms with E-state index in [1.165, 1.54) is 0 Å². The highest BCUT2D eigenvalue weighted by molar-refractivity contribution is 5.79. The van der Waals surface area contributed by atoms with Gasteiger partial charge in [0.15, 0.2) is 0 Å². The lowest BCUT2D eigenvalue weighted by atomic mass is 10.1. The maximum absolute atomic E-state index is 12.0. The fourth-order valence-corrected chi connectivity index (χ4v) is 2.11. The topological polar surface area (TPSA) is 49.9 Å². The van der Waals surface area contributed by atoms with Gasteiger partial charge in [-0.2, -0.15) is 0 Å². The molecular weight excluding hydrogens is 244 g/mol. The van der Waals surface area contributed by atoms with E-state index >= 15 is 0 Å². The van der Waals surface area contributed by atoms with Gasteiger partial charge in [-0.15, -0.1) is 0 Å². The molecule has 1 heterocycles. The summed E-state index contributed by atoms with van der Waals surface area (Å²) in [6.45, 7) is 13.0. The van der Waals surface area contributed by atoms with E-state index in [4.69, 9.17) is 4.74 Å². The number of carbonyl (C=O) groups is 2. The Labute approximate surface area is 115 Å². The molecule has 5 nitrogen and oxygen atoms in total. The summed E-state index contributed by atoms with van der Waals surface area (Å²) in [7, 11) is 0. The summed E-state index contributed by atoms with van der Waals surface area (Å²) in [5, 5.41) is 0. The van der Waals surface area contributed by atoms with Crippen LogP contribution < -0.4 is 0 Å². The number of rotatable bonds is 1. The fraction of sp³-hybridized carbons (Fsp3) is 0.857. The van der Waals surface area contributed by atoms with Crippen LogP contribution in [0.25, 0.3) is 0 Å². The molecule has 0 aromatic carbocycles. The second-order valence-corrected chi connectivity index (χ2v) is 6.46. The lowest BCUT2D eigenvalue weighted by molar-refractivity contribution is -0.138. The zero-order valence-electron chi connectivity index (χ0n) is 12.9. The minimum absolute atomic E-state index is 0.00414. The zero-order chi connectivity index (χ0) is 14.8. The van der Waals surface area contributed by atoms with E-state index < -0.39 is 5.60 Å². The van der Waals surface area contributed by atoms with E-state index in [1.54, 1.807) is 4.90 Å². The van der Waals surface area contributed by atoms with Gasteiger partial charge >= 0.3 is 6.09 Å². The first-order chi connectivity index (χ1) is 8.61. The molecule has 1 atom stereocenters. The van der Waals surface area contributed by atoms with Crippen molar-refractivity contribution in [2.24, 2.45) is 5.92 Å². The second kappa shape index (κ2) is 5.80. The molecule has 0 radical (unpaired) electrons.